The zero-order chi connectivity index (χ0) is 9.90. The molecule has 0 aliphatic carbocycles. The number of pyridine rings is 1. The zero-order valence-corrected chi connectivity index (χ0v) is 8.77. The van der Waals surface area contributed by atoms with Crippen molar-refractivity contribution in [3.05, 3.63) is 30.1 Å². The first-order chi connectivity index (χ1) is 6.00. The van der Waals surface area contributed by atoms with Crippen LogP contribution in [0, 0.1) is 0 Å². The van der Waals surface area contributed by atoms with Gasteiger partial charge in [-0.2, -0.15) is 0 Å². The van der Waals surface area contributed by atoms with Gasteiger partial charge in [0, 0.05) is 11.9 Å². The SMILES string of the molecule is O=C(Cc1ccccn1)C(Cl)(Cl)Cl. The lowest BCUT2D eigenvalue weighted by Crippen LogP contribution is -2.21. The van der Waals surface area contributed by atoms with Gasteiger partial charge in [0.2, 0.25) is 3.79 Å². The number of carbonyl (C=O) groups is 1. The lowest BCUT2D eigenvalue weighted by Gasteiger charge is -2.07. The molecule has 0 fully saturated rings. The fraction of sp³-hybridized carbons (Fsp3) is 0.250. The average Bonchev–Trinajstić information content (AvgIpc) is 2.04. The van der Waals surface area contributed by atoms with Gasteiger partial charge in [-0.15, -0.1) is 0 Å². The van der Waals surface area contributed by atoms with Crippen molar-refractivity contribution >= 4 is 40.6 Å². The van der Waals surface area contributed by atoms with Gasteiger partial charge in [0.25, 0.3) is 0 Å². The number of hydrogen-bond acceptors (Lipinski definition) is 2. The molecule has 0 aliphatic heterocycles. The maximum absolute atomic E-state index is 11.2. The van der Waals surface area contributed by atoms with E-state index in [1.165, 1.54) is 0 Å². The Kier molecular flexibility index (Phi) is 3.54. The van der Waals surface area contributed by atoms with Crippen LogP contribution in [0.5, 0.6) is 0 Å². The smallest absolute Gasteiger partial charge is 0.249 e. The van der Waals surface area contributed by atoms with Crippen molar-refractivity contribution in [1.82, 2.24) is 4.98 Å². The van der Waals surface area contributed by atoms with Crippen LogP contribution in [0.15, 0.2) is 24.4 Å². The number of ketones is 1. The van der Waals surface area contributed by atoms with Gasteiger partial charge in [0.1, 0.15) is 0 Å². The lowest BCUT2D eigenvalue weighted by molar-refractivity contribution is -0.117. The minimum absolute atomic E-state index is 0.0390. The molecule has 0 spiro atoms. The van der Waals surface area contributed by atoms with Crippen molar-refractivity contribution in [2.75, 3.05) is 0 Å². The van der Waals surface area contributed by atoms with Crippen LogP contribution in [0.3, 0.4) is 0 Å². The second-order valence-corrected chi connectivity index (χ2v) is 4.70. The first kappa shape index (κ1) is 10.8. The molecule has 2 nitrogen and oxygen atoms in total. The molecule has 0 saturated carbocycles. The molecule has 1 heterocycles. The summed E-state index contributed by atoms with van der Waals surface area (Å²) in [5, 5.41) is 0. The Balaban J connectivity index is 2.66. The molecule has 0 saturated heterocycles. The van der Waals surface area contributed by atoms with E-state index in [1.54, 1.807) is 24.4 Å². The summed E-state index contributed by atoms with van der Waals surface area (Å²) in [6.07, 6.45) is 1.62. The highest BCUT2D eigenvalue weighted by molar-refractivity contribution is 6.76. The molecule has 0 N–H and O–H groups in total. The molecule has 0 bridgehead atoms. The molecule has 0 aliphatic rings. The largest absolute Gasteiger partial charge is 0.294 e. The second-order valence-electron chi connectivity index (χ2n) is 2.42. The van der Waals surface area contributed by atoms with Gasteiger partial charge in [0.05, 0.1) is 6.42 Å². The number of rotatable bonds is 2. The maximum Gasteiger partial charge on any atom is 0.249 e. The van der Waals surface area contributed by atoms with Gasteiger partial charge < -0.3 is 0 Å². The summed E-state index contributed by atoms with van der Waals surface area (Å²) in [4.78, 5) is 15.1. The highest BCUT2D eigenvalue weighted by Crippen LogP contribution is 2.28. The first-order valence-corrected chi connectivity index (χ1v) is 4.63. The molecule has 1 rings (SSSR count). The summed E-state index contributed by atoms with van der Waals surface area (Å²) in [7, 11) is 0. The molecule has 5 heteroatoms. The third kappa shape index (κ3) is 3.51. The van der Waals surface area contributed by atoms with Crippen LogP contribution < -0.4 is 0 Å². The van der Waals surface area contributed by atoms with E-state index in [1.807, 2.05) is 0 Å². The molecular weight excluding hydrogens is 232 g/mol. The van der Waals surface area contributed by atoms with E-state index >= 15 is 0 Å². The summed E-state index contributed by atoms with van der Waals surface area (Å²) in [6.45, 7) is 0. The van der Waals surface area contributed by atoms with Gasteiger partial charge in [-0.3, -0.25) is 9.78 Å². The fourth-order valence-electron chi connectivity index (χ4n) is 0.767. The number of hydrogen-bond donors (Lipinski definition) is 0. The van der Waals surface area contributed by atoms with Crippen LogP contribution >= 0.6 is 34.8 Å². The molecule has 13 heavy (non-hydrogen) atoms. The molecule has 1 aromatic rings. The molecule has 0 amide bonds. The highest BCUT2D eigenvalue weighted by atomic mass is 35.6. The number of Topliss-reactive ketones (excluding diaryl/α,β-unsaturated/α-hetero) is 1. The Morgan fingerprint density at radius 2 is 2.08 bits per heavy atom. The monoisotopic (exact) mass is 237 g/mol. The van der Waals surface area contributed by atoms with E-state index in [0.717, 1.165) is 0 Å². The summed E-state index contributed by atoms with van der Waals surface area (Å²) < 4.78 is -1.85. The van der Waals surface area contributed by atoms with Crippen molar-refractivity contribution in [3.63, 3.8) is 0 Å². The molecule has 0 unspecified atom stereocenters. The predicted molar refractivity (Wildman–Crippen MR) is 53.2 cm³/mol. The normalized spacial score (nSPS) is 11.3. The molecule has 70 valence electrons. The third-order valence-electron chi connectivity index (χ3n) is 1.38. The molecule has 0 radical (unpaired) electrons. The van der Waals surface area contributed by atoms with Crippen LogP contribution in [0.1, 0.15) is 5.69 Å². The Morgan fingerprint density at radius 3 is 2.54 bits per heavy atom. The third-order valence-corrected chi connectivity index (χ3v) is 2.02. The van der Waals surface area contributed by atoms with Gasteiger partial charge in [-0.1, -0.05) is 40.9 Å². The summed E-state index contributed by atoms with van der Waals surface area (Å²) in [5.74, 6) is -0.476. The van der Waals surface area contributed by atoms with Crippen molar-refractivity contribution in [2.45, 2.75) is 10.2 Å². The number of halogens is 3. The van der Waals surface area contributed by atoms with Crippen LogP contribution in [0.4, 0.5) is 0 Å². The Hall–Kier alpha value is -0.310. The predicted octanol–water partition coefficient (Wildman–Crippen LogP) is 2.56. The summed E-state index contributed by atoms with van der Waals surface area (Å²) in [6, 6.07) is 5.23. The molecular formula is C8H6Cl3NO. The zero-order valence-electron chi connectivity index (χ0n) is 6.51. The average molecular weight is 239 g/mol. The van der Waals surface area contributed by atoms with Crippen molar-refractivity contribution < 1.29 is 4.79 Å². The Bertz CT molecular complexity index is 294. The topological polar surface area (TPSA) is 30.0 Å². The van der Waals surface area contributed by atoms with E-state index in [-0.39, 0.29) is 6.42 Å². The second kappa shape index (κ2) is 4.27. The maximum atomic E-state index is 11.2. The number of nitrogens with zero attached hydrogens (tertiary/aromatic N) is 1. The van der Waals surface area contributed by atoms with E-state index in [4.69, 9.17) is 34.8 Å². The Labute approximate surface area is 90.8 Å². The van der Waals surface area contributed by atoms with Crippen LogP contribution in [0.2, 0.25) is 0 Å². The summed E-state index contributed by atoms with van der Waals surface area (Å²) >= 11 is 16.2. The van der Waals surface area contributed by atoms with E-state index in [2.05, 4.69) is 4.98 Å². The van der Waals surface area contributed by atoms with E-state index < -0.39 is 9.58 Å². The fourth-order valence-corrected chi connectivity index (χ4v) is 0.968. The lowest BCUT2D eigenvalue weighted by atomic mass is 10.2. The van der Waals surface area contributed by atoms with Crippen LogP contribution in [-0.4, -0.2) is 14.6 Å². The molecule has 0 aromatic carbocycles. The van der Waals surface area contributed by atoms with Gasteiger partial charge in [-0.05, 0) is 12.1 Å². The van der Waals surface area contributed by atoms with Gasteiger partial charge in [-0.25, -0.2) is 0 Å². The van der Waals surface area contributed by atoms with Crippen molar-refractivity contribution in [3.8, 4) is 0 Å². The van der Waals surface area contributed by atoms with E-state index in [9.17, 15) is 4.79 Å². The minimum atomic E-state index is -1.85. The van der Waals surface area contributed by atoms with Crippen LogP contribution in [0.25, 0.3) is 0 Å². The van der Waals surface area contributed by atoms with E-state index in [0.29, 0.717) is 5.69 Å². The minimum Gasteiger partial charge on any atom is -0.294 e. The van der Waals surface area contributed by atoms with Gasteiger partial charge >= 0.3 is 0 Å². The van der Waals surface area contributed by atoms with Crippen LogP contribution in [-0.2, 0) is 11.2 Å². The first-order valence-electron chi connectivity index (χ1n) is 3.50. The summed E-state index contributed by atoms with van der Waals surface area (Å²) in [5.41, 5.74) is 0.596. The molecule has 0 atom stereocenters. The van der Waals surface area contributed by atoms with Gasteiger partial charge in [0.15, 0.2) is 5.78 Å². The van der Waals surface area contributed by atoms with Crippen molar-refractivity contribution in [2.24, 2.45) is 0 Å². The number of carbonyl (C=O) groups excluding carboxylic acids is 1. The Morgan fingerprint density at radius 1 is 1.38 bits per heavy atom. The number of aromatic nitrogens is 1. The number of alkyl halides is 3. The standard InChI is InChI=1S/C8H6Cl3NO/c9-8(10,11)7(13)5-6-3-1-2-4-12-6/h1-4H,5H2. The highest BCUT2D eigenvalue weighted by Gasteiger charge is 2.30. The van der Waals surface area contributed by atoms with Crippen molar-refractivity contribution in [1.29, 1.82) is 0 Å². The molecule has 1 aromatic heterocycles. The quantitative estimate of drug-likeness (QED) is 0.741.